The highest BCUT2D eigenvalue weighted by atomic mass is 32.2. The lowest BCUT2D eigenvalue weighted by molar-refractivity contribution is -0.385. The molecule has 0 atom stereocenters. The highest BCUT2D eigenvalue weighted by Gasteiger charge is 2.12. The number of hydrogen-bond donors (Lipinski definition) is 0. The predicted octanol–water partition coefficient (Wildman–Crippen LogP) is 3.41. The SMILES string of the molecule is O=C(CCSc1ccc([N+](=O)[O-])cc1)OCC(=O)c1ccc([N+](=O)[O-])cc1. The van der Waals surface area contributed by atoms with Gasteiger partial charge in [0, 0.05) is 40.5 Å². The Labute approximate surface area is 157 Å². The molecule has 2 aromatic carbocycles. The van der Waals surface area contributed by atoms with Crippen molar-refractivity contribution in [3.05, 3.63) is 74.3 Å². The predicted molar refractivity (Wildman–Crippen MR) is 96.8 cm³/mol. The number of Topliss-reactive ketones (excluding diaryl/α,β-unsaturated/α-hetero) is 1. The van der Waals surface area contributed by atoms with E-state index in [2.05, 4.69) is 0 Å². The zero-order valence-corrected chi connectivity index (χ0v) is 14.7. The van der Waals surface area contributed by atoms with Crippen LogP contribution in [-0.2, 0) is 9.53 Å². The van der Waals surface area contributed by atoms with Crippen molar-refractivity contribution in [2.24, 2.45) is 0 Å². The monoisotopic (exact) mass is 390 g/mol. The van der Waals surface area contributed by atoms with E-state index in [0.717, 1.165) is 4.90 Å². The van der Waals surface area contributed by atoms with Crippen molar-refractivity contribution in [2.45, 2.75) is 11.3 Å². The number of nitro groups is 2. The summed E-state index contributed by atoms with van der Waals surface area (Å²) in [6.45, 7) is -0.446. The van der Waals surface area contributed by atoms with Gasteiger partial charge in [-0.1, -0.05) is 0 Å². The molecule has 0 heterocycles. The van der Waals surface area contributed by atoms with Crippen LogP contribution >= 0.6 is 11.8 Å². The van der Waals surface area contributed by atoms with Crippen LogP contribution in [-0.4, -0.2) is 34.0 Å². The molecule has 0 spiro atoms. The standard InChI is InChI=1S/C17H14N2O7S/c20-16(12-1-3-13(4-2-12)18(22)23)11-26-17(21)9-10-27-15-7-5-14(6-8-15)19(24)25/h1-8H,9-11H2. The van der Waals surface area contributed by atoms with Crippen molar-refractivity contribution in [1.29, 1.82) is 0 Å². The third-order valence-corrected chi connectivity index (χ3v) is 4.40. The Morgan fingerprint density at radius 1 is 0.889 bits per heavy atom. The third kappa shape index (κ3) is 6.19. The minimum Gasteiger partial charge on any atom is -0.457 e. The number of rotatable bonds is 9. The maximum atomic E-state index is 11.9. The molecule has 0 aromatic heterocycles. The normalized spacial score (nSPS) is 10.2. The van der Waals surface area contributed by atoms with Gasteiger partial charge in [-0.25, -0.2) is 0 Å². The maximum absolute atomic E-state index is 11.9. The molecule has 140 valence electrons. The van der Waals surface area contributed by atoms with Crippen LogP contribution in [0.15, 0.2) is 53.4 Å². The summed E-state index contributed by atoms with van der Waals surface area (Å²) in [5, 5.41) is 21.1. The summed E-state index contributed by atoms with van der Waals surface area (Å²) < 4.78 is 4.90. The Morgan fingerprint density at radius 2 is 1.41 bits per heavy atom. The van der Waals surface area contributed by atoms with Gasteiger partial charge in [0.2, 0.25) is 0 Å². The van der Waals surface area contributed by atoms with E-state index in [9.17, 15) is 29.8 Å². The second-order valence-electron chi connectivity index (χ2n) is 5.24. The Balaban J connectivity index is 1.73. The number of carbonyl (C=O) groups is 2. The largest absolute Gasteiger partial charge is 0.457 e. The number of ketones is 1. The molecule has 0 aliphatic carbocycles. The van der Waals surface area contributed by atoms with Crippen LogP contribution in [0.3, 0.4) is 0 Å². The summed E-state index contributed by atoms with van der Waals surface area (Å²) in [5.41, 5.74) is 0.0731. The van der Waals surface area contributed by atoms with Crippen LogP contribution in [0, 0.1) is 20.2 Å². The van der Waals surface area contributed by atoms with E-state index in [0.29, 0.717) is 5.75 Å². The second-order valence-corrected chi connectivity index (χ2v) is 6.41. The molecule has 0 fully saturated rings. The van der Waals surface area contributed by atoms with Crippen LogP contribution in [0.4, 0.5) is 11.4 Å². The number of benzene rings is 2. The summed E-state index contributed by atoms with van der Waals surface area (Å²) in [7, 11) is 0. The molecule has 0 aliphatic heterocycles. The van der Waals surface area contributed by atoms with E-state index in [4.69, 9.17) is 4.74 Å². The van der Waals surface area contributed by atoms with Gasteiger partial charge in [-0.3, -0.25) is 29.8 Å². The zero-order chi connectivity index (χ0) is 19.8. The van der Waals surface area contributed by atoms with Gasteiger partial charge >= 0.3 is 5.97 Å². The average molecular weight is 390 g/mol. The number of hydrogen-bond acceptors (Lipinski definition) is 8. The molecule has 0 saturated carbocycles. The van der Waals surface area contributed by atoms with Gasteiger partial charge in [-0.05, 0) is 24.3 Å². The maximum Gasteiger partial charge on any atom is 0.307 e. The summed E-state index contributed by atoms with van der Waals surface area (Å²) in [6.07, 6.45) is 0.0647. The van der Waals surface area contributed by atoms with E-state index < -0.39 is 28.2 Å². The number of non-ortho nitro benzene ring substituents is 2. The van der Waals surface area contributed by atoms with Crippen molar-refractivity contribution in [3.8, 4) is 0 Å². The summed E-state index contributed by atoms with van der Waals surface area (Å²) in [4.78, 5) is 44.4. The molecular weight excluding hydrogens is 376 g/mol. The van der Waals surface area contributed by atoms with Gasteiger partial charge in [0.05, 0.1) is 16.3 Å². The number of nitro benzene ring substituents is 2. The average Bonchev–Trinajstić information content (AvgIpc) is 2.66. The number of esters is 1. The lowest BCUT2D eigenvalue weighted by Gasteiger charge is -2.05. The Hall–Kier alpha value is -3.27. The fourth-order valence-corrected chi connectivity index (χ4v) is 2.82. The van der Waals surface area contributed by atoms with Crippen molar-refractivity contribution in [2.75, 3.05) is 12.4 Å². The lowest BCUT2D eigenvalue weighted by Crippen LogP contribution is -2.14. The van der Waals surface area contributed by atoms with Gasteiger partial charge in [0.25, 0.3) is 11.4 Å². The van der Waals surface area contributed by atoms with Crippen LogP contribution < -0.4 is 0 Å². The minimum absolute atomic E-state index is 0.0106. The quantitative estimate of drug-likeness (QED) is 0.209. The highest BCUT2D eigenvalue weighted by molar-refractivity contribution is 7.99. The van der Waals surface area contributed by atoms with E-state index in [-0.39, 0.29) is 23.4 Å². The fraction of sp³-hybridized carbons (Fsp3) is 0.176. The number of thioether (sulfide) groups is 1. The highest BCUT2D eigenvalue weighted by Crippen LogP contribution is 2.22. The Morgan fingerprint density at radius 3 is 1.93 bits per heavy atom. The van der Waals surface area contributed by atoms with E-state index in [1.807, 2.05) is 0 Å². The van der Waals surface area contributed by atoms with E-state index in [1.54, 1.807) is 12.1 Å². The van der Waals surface area contributed by atoms with Crippen LogP contribution in [0.25, 0.3) is 0 Å². The van der Waals surface area contributed by atoms with Gasteiger partial charge < -0.3 is 4.74 Å². The first-order valence-electron chi connectivity index (χ1n) is 7.67. The first-order chi connectivity index (χ1) is 12.9. The summed E-state index contributed by atoms with van der Waals surface area (Å²) >= 11 is 1.33. The van der Waals surface area contributed by atoms with Gasteiger partial charge in [-0.2, -0.15) is 0 Å². The molecule has 9 nitrogen and oxygen atoms in total. The molecule has 0 N–H and O–H groups in total. The second kappa shape index (κ2) is 9.43. The van der Waals surface area contributed by atoms with Gasteiger partial charge in [-0.15, -0.1) is 11.8 Å². The van der Waals surface area contributed by atoms with Gasteiger partial charge in [0.15, 0.2) is 12.4 Å². The van der Waals surface area contributed by atoms with Crippen LogP contribution in [0.5, 0.6) is 0 Å². The lowest BCUT2D eigenvalue weighted by atomic mass is 10.1. The molecule has 27 heavy (non-hydrogen) atoms. The molecule has 0 saturated heterocycles. The van der Waals surface area contributed by atoms with Crippen molar-refractivity contribution in [1.82, 2.24) is 0 Å². The van der Waals surface area contributed by atoms with Crippen LogP contribution in [0.2, 0.25) is 0 Å². The summed E-state index contributed by atoms with van der Waals surface area (Å²) in [5.74, 6) is -0.622. The zero-order valence-electron chi connectivity index (χ0n) is 13.9. The molecule has 2 rings (SSSR count). The number of carbonyl (C=O) groups excluding carboxylic acids is 2. The Kier molecular flexibility index (Phi) is 7.00. The molecule has 0 radical (unpaired) electrons. The number of ether oxygens (including phenoxy) is 1. The minimum atomic E-state index is -0.573. The first kappa shape index (κ1) is 20.0. The smallest absolute Gasteiger partial charge is 0.307 e. The van der Waals surface area contributed by atoms with E-state index in [1.165, 1.54) is 48.2 Å². The van der Waals surface area contributed by atoms with E-state index >= 15 is 0 Å². The molecule has 10 heteroatoms. The topological polar surface area (TPSA) is 130 Å². The van der Waals surface area contributed by atoms with Gasteiger partial charge in [0.1, 0.15) is 0 Å². The molecule has 0 unspecified atom stereocenters. The molecule has 0 bridgehead atoms. The first-order valence-corrected chi connectivity index (χ1v) is 8.66. The van der Waals surface area contributed by atoms with Crippen molar-refractivity contribution in [3.63, 3.8) is 0 Å². The third-order valence-electron chi connectivity index (χ3n) is 3.39. The summed E-state index contributed by atoms with van der Waals surface area (Å²) in [6, 6.07) is 11.0. The fourth-order valence-electron chi connectivity index (χ4n) is 1.99. The molecule has 2 aromatic rings. The molecule has 0 amide bonds. The van der Waals surface area contributed by atoms with Crippen molar-refractivity contribution >= 4 is 34.9 Å². The number of nitrogens with zero attached hydrogens (tertiary/aromatic N) is 2. The molecule has 0 aliphatic rings. The Bertz CT molecular complexity index is 851. The van der Waals surface area contributed by atoms with Crippen molar-refractivity contribution < 1.29 is 24.2 Å². The molecular formula is C17H14N2O7S. The van der Waals surface area contributed by atoms with Crippen LogP contribution in [0.1, 0.15) is 16.8 Å².